The summed E-state index contributed by atoms with van der Waals surface area (Å²) in [5.74, 6) is -0.625. The molecule has 0 spiro atoms. The Bertz CT molecular complexity index is 1190. The molecule has 2 atom stereocenters. The molecule has 0 aliphatic carbocycles. The standard InChI is InChI=1S/C26H28N4O4/c1-15(2)12-22(30-14-16-6-3-4-7-18(16)25(30)33)24(32)27-17-9-10-20-19(13-17)26(34)29-11-5-8-21(29)23(31)28-20/h3-4,6-7,9-10,13,15,21-22H,5,8,11-12,14H2,1-2H3,(H,27,32)(H,28,31). The van der Waals surface area contributed by atoms with Crippen LogP contribution in [0.1, 0.15) is 59.4 Å². The van der Waals surface area contributed by atoms with Gasteiger partial charge in [-0.05, 0) is 55.0 Å². The maximum atomic E-state index is 13.4. The molecule has 0 radical (unpaired) electrons. The van der Waals surface area contributed by atoms with E-state index in [1.54, 1.807) is 34.1 Å². The number of hydrogen-bond donors (Lipinski definition) is 2. The molecule has 2 aromatic carbocycles. The van der Waals surface area contributed by atoms with Crippen LogP contribution in [0.5, 0.6) is 0 Å². The summed E-state index contributed by atoms with van der Waals surface area (Å²) in [5.41, 5.74) is 2.82. The van der Waals surface area contributed by atoms with Gasteiger partial charge in [0.05, 0.1) is 11.3 Å². The maximum absolute atomic E-state index is 13.4. The van der Waals surface area contributed by atoms with E-state index in [4.69, 9.17) is 0 Å². The minimum atomic E-state index is -0.642. The number of benzene rings is 2. The molecule has 2 aromatic rings. The van der Waals surface area contributed by atoms with Gasteiger partial charge >= 0.3 is 0 Å². The zero-order valence-electron chi connectivity index (χ0n) is 19.3. The minimum absolute atomic E-state index is 0.142. The quantitative estimate of drug-likeness (QED) is 0.716. The van der Waals surface area contributed by atoms with Gasteiger partial charge in [0.1, 0.15) is 12.1 Å². The first-order chi connectivity index (χ1) is 16.3. The topological polar surface area (TPSA) is 98.8 Å². The molecule has 4 amide bonds. The third kappa shape index (κ3) is 3.83. The van der Waals surface area contributed by atoms with Crippen molar-refractivity contribution < 1.29 is 19.2 Å². The molecule has 3 heterocycles. The van der Waals surface area contributed by atoms with Crippen LogP contribution in [0, 0.1) is 5.92 Å². The molecular weight excluding hydrogens is 432 g/mol. The van der Waals surface area contributed by atoms with Crippen LogP contribution >= 0.6 is 0 Å². The summed E-state index contributed by atoms with van der Waals surface area (Å²) in [5, 5.41) is 5.76. The van der Waals surface area contributed by atoms with E-state index in [-0.39, 0.29) is 29.5 Å². The first-order valence-corrected chi connectivity index (χ1v) is 11.8. The third-order valence-corrected chi connectivity index (χ3v) is 6.81. The van der Waals surface area contributed by atoms with Crippen molar-refractivity contribution >= 4 is 35.0 Å². The first-order valence-electron chi connectivity index (χ1n) is 11.8. The summed E-state index contributed by atoms with van der Waals surface area (Å²) in [6, 6.07) is 11.3. The smallest absolute Gasteiger partial charge is 0.256 e. The second kappa shape index (κ2) is 8.59. The average molecular weight is 461 g/mol. The van der Waals surface area contributed by atoms with E-state index in [1.165, 1.54) is 0 Å². The van der Waals surface area contributed by atoms with Crippen LogP contribution in [0.3, 0.4) is 0 Å². The Morgan fingerprint density at radius 3 is 2.65 bits per heavy atom. The number of nitrogens with one attached hydrogen (secondary N) is 2. The van der Waals surface area contributed by atoms with Crippen molar-refractivity contribution in [3.05, 3.63) is 59.2 Å². The lowest BCUT2D eigenvalue weighted by Crippen LogP contribution is -2.45. The second-order valence-corrected chi connectivity index (χ2v) is 9.63. The van der Waals surface area contributed by atoms with Gasteiger partial charge in [-0.25, -0.2) is 0 Å². The largest absolute Gasteiger partial charge is 0.327 e. The summed E-state index contributed by atoms with van der Waals surface area (Å²) >= 11 is 0. The molecule has 8 heteroatoms. The summed E-state index contributed by atoms with van der Waals surface area (Å²) in [7, 11) is 0. The van der Waals surface area contributed by atoms with Crippen molar-refractivity contribution in [3.63, 3.8) is 0 Å². The monoisotopic (exact) mass is 460 g/mol. The van der Waals surface area contributed by atoms with Gasteiger partial charge in [0, 0.05) is 24.3 Å². The number of anilines is 2. The van der Waals surface area contributed by atoms with E-state index in [0.717, 1.165) is 12.0 Å². The molecule has 0 aromatic heterocycles. The molecule has 3 aliphatic rings. The number of nitrogens with zero attached hydrogens (tertiary/aromatic N) is 2. The summed E-state index contributed by atoms with van der Waals surface area (Å²) < 4.78 is 0. The van der Waals surface area contributed by atoms with E-state index in [9.17, 15) is 19.2 Å². The number of carbonyl (C=O) groups excluding carboxylic acids is 4. The van der Waals surface area contributed by atoms with Crippen molar-refractivity contribution in [2.75, 3.05) is 17.2 Å². The lowest BCUT2D eigenvalue weighted by Gasteiger charge is -2.28. The summed E-state index contributed by atoms with van der Waals surface area (Å²) in [4.78, 5) is 55.3. The van der Waals surface area contributed by atoms with E-state index in [2.05, 4.69) is 10.6 Å². The number of rotatable bonds is 5. The molecule has 176 valence electrons. The molecule has 3 aliphatic heterocycles. The SMILES string of the molecule is CC(C)CC(C(=O)Nc1ccc2c(c1)C(=O)N1CCCC1C(=O)N2)N1Cc2ccccc2C1=O. The highest BCUT2D eigenvalue weighted by molar-refractivity contribution is 6.11. The van der Waals surface area contributed by atoms with Crippen LogP contribution in [0.15, 0.2) is 42.5 Å². The fraction of sp³-hybridized carbons (Fsp3) is 0.385. The van der Waals surface area contributed by atoms with Gasteiger partial charge in [-0.3, -0.25) is 19.2 Å². The number of amides is 4. The summed E-state index contributed by atoms with van der Waals surface area (Å²) in [6.07, 6.45) is 1.96. The first kappa shape index (κ1) is 22.1. The Kier molecular flexibility index (Phi) is 5.59. The van der Waals surface area contributed by atoms with E-state index < -0.39 is 12.1 Å². The fourth-order valence-electron chi connectivity index (χ4n) is 5.14. The molecule has 0 saturated carbocycles. The highest BCUT2D eigenvalue weighted by atomic mass is 16.2. The highest BCUT2D eigenvalue weighted by Gasteiger charge is 2.39. The Labute approximate surface area is 198 Å². The van der Waals surface area contributed by atoms with Crippen molar-refractivity contribution in [1.82, 2.24) is 9.80 Å². The zero-order valence-corrected chi connectivity index (χ0v) is 19.3. The van der Waals surface area contributed by atoms with Gasteiger partial charge < -0.3 is 20.4 Å². The predicted molar refractivity (Wildman–Crippen MR) is 127 cm³/mol. The number of hydrogen-bond acceptors (Lipinski definition) is 4. The van der Waals surface area contributed by atoms with Gasteiger partial charge in [0.15, 0.2) is 0 Å². The van der Waals surface area contributed by atoms with Gasteiger partial charge in [0.2, 0.25) is 11.8 Å². The van der Waals surface area contributed by atoms with Gasteiger partial charge in [-0.1, -0.05) is 32.0 Å². The lowest BCUT2D eigenvalue weighted by molar-refractivity contribution is -0.121. The van der Waals surface area contributed by atoms with E-state index >= 15 is 0 Å². The number of fused-ring (bicyclic) bond motifs is 3. The Hall–Kier alpha value is -3.68. The van der Waals surface area contributed by atoms with Gasteiger partial charge in [0.25, 0.3) is 11.8 Å². The zero-order chi connectivity index (χ0) is 24.0. The summed E-state index contributed by atoms with van der Waals surface area (Å²) in [6.45, 7) is 4.97. The van der Waals surface area contributed by atoms with Crippen molar-refractivity contribution in [2.24, 2.45) is 5.92 Å². The molecule has 0 bridgehead atoms. The molecule has 2 N–H and O–H groups in total. The third-order valence-electron chi connectivity index (χ3n) is 6.81. The highest BCUT2D eigenvalue weighted by Crippen LogP contribution is 2.31. The predicted octanol–water partition coefficient (Wildman–Crippen LogP) is 3.25. The molecule has 1 saturated heterocycles. The Morgan fingerprint density at radius 2 is 1.88 bits per heavy atom. The van der Waals surface area contributed by atoms with Crippen molar-refractivity contribution in [2.45, 2.75) is 51.7 Å². The molecular formula is C26H28N4O4. The second-order valence-electron chi connectivity index (χ2n) is 9.63. The lowest BCUT2D eigenvalue weighted by atomic mass is 10.0. The normalized spacial score (nSPS) is 20.0. The minimum Gasteiger partial charge on any atom is -0.327 e. The molecule has 8 nitrogen and oxygen atoms in total. The Balaban J connectivity index is 1.40. The average Bonchev–Trinajstić information content (AvgIpc) is 3.41. The Morgan fingerprint density at radius 1 is 1.09 bits per heavy atom. The fourth-order valence-corrected chi connectivity index (χ4v) is 5.14. The maximum Gasteiger partial charge on any atom is 0.256 e. The van der Waals surface area contributed by atoms with Crippen LogP contribution in [0.2, 0.25) is 0 Å². The molecule has 34 heavy (non-hydrogen) atoms. The molecule has 5 rings (SSSR count). The van der Waals surface area contributed by atoms with Crippen LogP contribution in [0.4, 0.5) is 11.4 Å². The van der Waals surface area contributed by atoms with Crippen LogP contribution in [0.25, 0.3) is 0 Å². The van der Waals surface area contributed by atoms with Crippen molar-refractivity contribution in [1.29, 1.82) is 0 Å². The van der Waals surface area contributed by atoms with Crippen LogP contribution < -0.4 is 10.6 Å². The van der Waals surface area contributed by atoms with E-state index in [1.807, 2.05) is 32.0 Å². The van der Waals surface area contributed by atoms with Gasteiger partial charge in [-0.15, -0.1) is 0 Å². The molecule has 1 fully saturated rings. The van der Waals surface area contributed by atoms with E-state index in [0.29, 0.717) is 48.4 Å². The van der Waals surface area contributed by atoms with Crippen molar-refractivity contribution in [3.8, 4) is 0 Å². The number of carbonyl (C=O) groups is 4. The van der Waals surface area contributed by atoms with Crippen LogP contribution in [-0.2, 0) is 16.1 Å². The van der Waals surface area contributed by atoms with Crippen LogP contribution in [-0.4, -0.2) is 52.1 Å². The van der Waals surface area contributed by atoms with Gasteiger partial charge in [-0.2, -0.15) is 0 Å². The molecule has 2 unspecified atom stereocenters.